The van der Waals surface area contributed by atoms with Crippen LogP contribution in [0.25, 0.3) is 11.4 Å². The Bertz CT molecular complexity index is 1340. The van der Waals surface area contributed by atoms with E-state index < -0.39 is 17.7 Å². The SMILES string of the molecule is CCCCOc1ccc(C2C(=C(O)c3c(C)nc4ccccn34)C(=O)C(=O)N2CCN2CCOCC2)cc1. The van der Waals surface area contributed by atoms with Crippen molar-refractivity contribution in [1.29, 1.82) is 0 Å². The number of hydrogen-bond acceptors (Lipinski definition) is 7. The van der Waals surface area contributed by atoms with Gasteiger partial charge in [0.1, 0.15) is 17.1 Å². The van der Waals surface area contributed by atoms with Crippen LogP contribution < -0.4 is 4.74 Å². The number of rotatable bonds is 9. The third-order valence-corrected chi connectivity index (χ3v) is 7.19. The summed E-state index contributed by atoms with van der Waals surface area (Å²) in [6, 6.07) is 12.2. The standard InChI is InChI=1S/C29H34N4O5/c1-3-4-17-38-22-10-8-21(9-11-22)26-24(27(34)25-20(2)30-23-7-5-6-12-32(23)25)28(35)29(36)33(26)14-13-31-15-18-37-19-16-31/h5-12,26,34H,3-4,13-19H2,1-2H3. The Labute approximate surface area is 222 Å². The Kier molecular flexibility index (Phi) is 7.76. The van der Waals surface area contributed by atoms with Crippen LogP contribution in [0.2, 0.25) is 0 Å². The monoisotopic (exact) mass is 518 g/mol. The average Bonchev–Trinajstić information content (AvgIpc) is 3.40. The van der Waals surface area contributed by atoms with Crippen LogP contribution in [0.5, 0.6) is 5.75 Å². The summed E-state index contributed by atoms with van der Waals surface area (Å²) < 4.78 is 13.0. The molecule has 2 aliphatic heterocycles. The molecule has 1 aromatic carbocycles. The minimum atomic E-state index is -0.727. The molecule has 0 aliphatic carbocycles. The van der Waals surface area contributed by atoms with E-state index in [-0.39, 0.29) is 11.3 Å². The molecule has 1 N–H and O–H groups in total. The predicted octanol–water partition coefficient (Wildman–Crippen LogP) is 3.58. The molecule has 9 nitrogen and oxygen atoms in total. The number of amides is 1. The molecular weight excluding hydrogens is 484 g/mol. The van der Waals surface area contributed by atoms with Crippen molar-refractivity contribution in [2.24, 2.45) is 0 Å². The molecule has 38 heavy (non-hydrogen) atoms. The minimum absolute atomic E-state index is 0.0744. The zero-order valence-corrected chi connectivity index (χ0v) is 21.9. The topological polar surface area (TPSA) is 96.6 Å². The van der Waals surface area contributed by atoms with E-state index in [0.29, 0.717) is 49.9 Å². The molecule has 0 radical (unpaired) electrons. The highest BCUT2D eigenvalue weighted by Crippen LogP contribution is 2.40. The lowest BCUT2D eigenvalue weighted by molar-refractivity contribution is -0.140. The number of aliphatic hydroxyl groups is 1. The Balaban J connectivity index is 1.55. The third kappa shape index (κ3) is 5.04. The summed E-state index contributed by atoms with van der Waals surface area (Å²) in [6.45, 7) is 8.34. The summed E-state index contributed by atoms with van der Waals surface area (Å²) >= 11 is 0. The first-order chi connectivity index (χ1) is 18.5. The van der Waals surface area contributed by atoms with Crippen molar-refractivity contribution >= 4 is 23.1 Å². The number of hydrogen-bond donors (Lipinski definition) is 1. The van der Waals surface area contributed by atoms with E-state index >= 15 is 0 Å². The van der Waals surface area contributed by atoms with E-state index in [1.807, 2.05) is 42.5 Å². The van der Waals surface area contributed by atoms with E-state index in [1.165, 1.54) is 0 Å². The number of likely N-dealkylation sites (tertiary alicyclic amines) is 1. The molecule has 0 saturated carbocycles. The van der Waals surface area contributed by atoms with Gasteiger partial charge in [-0.1, -0.05) is 31.5 Å². The first-order valence-electron chi connectivity index (χ1n) is 13.2. The first-order valence-corrected chi connectivity index (χ1v) is 13.2. The van der Waals surface area contributed by atoms with E-state index in [9.17, 15) is 14.7 Å². The molecule has 3 aromatic rings. The van der Waals surface area contributed by atoms with Gasteiger partial charge in [0.05, 0.1) is 37.1 Å². The number of aliphatic hydroxyl groups excluding tert-OH is 1. The molecule has 1 atom stereocenters. The summed E-state index contributed by atoms with van der Waals surface area (Å²) in [5.74, 6) is -0.797. The van der Waals surface area contributed by atoms with Crippen LogP contribution in [-0.2, 0) is 14.3 Å². The number of unbranched alkanes of at least 4 members (excludes halogenated alkanes) is 1. The number of aromatic nitrogens is 2. The number of carbonyl (C=O) groups is 2. The lowest BCUT2D eigenvalue weighted by Crippen LogP contribution is -2.42. The van der Waals surface area contributed by atoms with E-state index in [1.54, 1.807) is 22.4 Å². The fourth-order valence-corrected chi connectivity index (χ4v) is 5.14. The number of Topliss-reactive ketones (excluding diaryl/α,β-unsaturated/α-hetero) is 1. The Morgan fingerprint density at radius 1 is 1.11 bits per heavy atom. The maximum absolute atomic E-state index is 13.5. The van der Waals surface area contributed by atoms with Crippen LogP contribution in [0.3, 0.4) is 0 Å². The van der Waals surface area contributed by atoms with Gasteiger partial charge in [-0.15, -0.1) is 0 Å². The molecule has 0 bridgehead atoms. The Hall–Kier alpha value is -3.69. The fourth-order valence-electron chi connectivity index (χ4n) is 5.14. The van der Waals surface area contributed by atoms with Crippen LogP contribution in [0.1, 0.15) is 42.8 Å². The van der Waals surface area contributed by atoms with E-state index in [0.717, 1.165) is 37.2 Å². The van der Waals surface area contributed by atoms with Gasteiger partial charge in [0, 0.05) is 32.4 Å². The summed E-state index contributed by atoms with van der Waals surface area (Å²) in [5, 5.41) is 11.6. The highest BCUT2D eigenvalue weighted by Gasteiger charge is 2.46. The minimum Gasteiger partial charge on any atom is -0.505 e. The van der Waals surface area contributed by atoms with Crippen LogP contribution in [0.15, 0.2) is 54.2 Å². The first kappa shape index (κ1) is 25.9. The quantitative estimate of drug-likeness (QED) is 0.200. The fraction of sp³-hybridized carbons (Fsp3) is 0.414. The molecule has 2 aliphatic rings. The number of ether oxygens (including phenoxy) is 2. The van der Waals surface area contributed by atoms with Gasteiger partial charge in [-0.2, -0.15) is 0 Å². The van der Waals surface area contributed by atoms with Crippen molar-refractivity contribution in [3.63, 3.8) is 0 Å². The number of benzene rings is 1. The molecule has 0 spiro atoms. The molecule has 1 unspecified atom stereocenters. The second kappa shape index (κ2) is 11.4. The van der Waals surface area contributed by atoms with Gasteiger partial charge in [0.25, 0.3) is 11.7 Å². The summed E-state index contributed by atoms with van der Waals surface area (Å²) in [5.41, 5.74) is 2.45. The van der Waals surface area contributed by atoms with Crippen LogP contribution in [-0.4, -0.2) is 82.0 Å². The normalized spacial score (nSPS) is 19.9. The zero-order valence-electron chi connectivity index (χ0n) is 21.9. The molecule has 2 fully saturated rings. The zero-order chi connectivity index (χ0) is 26.6. The summed E-state index contributed by atoms with van der Waals surface area (Å²) in [4.78, 5) is 35.2. The van der Waals surface area contributed by atoms with Crippen molar-refractivity contribution in [3.05, 3.63) is 71.2 Å². The molecule has 1 amide bonds. The lowest BCUT2D eigenvalue weighted by Gasteiger charge is -2.31. The van der Waals surface area contributed by atoms with Gasteiger partial charge in [-0.25, -0.2) is 4.98 Å². The number of imidazole rings is 1. The molecule has 200 valence electrons. The van der Waals surface area contributed by atoms with Gasteiger partial charge < -0.3 is 19.5 Å². The van der Waals surface area contributed by atoms with Crippen molar-refractivity contribution in [2.45, 2.75) is 32.7 Å². The number of fused-ring (bicyclic) bond motifs is 1. The molecule has 9 heteroatoms. The maximum Gasteiger partial charge on any atom is 0.295 e. The van der Waals surface area contributed by atoms with E-state index in [4.69, 9.17) is 9.47 Å². The molecular formula is C29H34N4O5. The number of morpholine rings is 1. The Morgan fingerprint density at radius 3 is 2.61 bits per heavy atom. The highest BCUT2D eigenvalue weighted by molar-refractivity contribution is 6.46. The van der Waals surface area contributed by atoms with Crippen molar-refractivity contribution < 1.29 is 24.2 Å². The summed E-state index contributed by atoms with van der Waals surface area (Å²) in [6.07, 6.45) is 3.79. The van der Waals surface area contributed by atoms with Gasteiger partial charge >= 0.3 is 0 Å². The van der Waals surface area contributed by atoms with Crippen molar-refractivity contribution in [3.8, 4) is 5.75 Å². The predicted molar refractivity (Wildman–Crippen MR) is 143 cm³/mol. The maximum atomic E-state index is 13.5. The third-order valence-electron chi connectivity index (χ3n) is 7.19. The largest absolute Gasteiger partial charge is 0.505 e. The number of carbonyl (C=O) groups excluding carboxylic acids is 2. The second-order valence-electron chi connectivity index (χ2n) is 9.69. The van der Waals surface area contributed by atoms with Gasteiger partial charge in [0.15, 0.2) is 5.76 Å². The van der Waals surface area contributed by atoms with Crippen LogP contribution >= 0.6 is 0 Å². The Morgan fingerprint density at radius 2 is 1.87 bits per heavy atom. The smallest absolute Gasteiger partial charge is 0.295 e. The number of ketones is 1. The summed E-state index contributed by atoms with van der Waals surface area (Å²) in [7, 11) is 0. The van der Waals surface area contributed by atoms with Crippen molar-refractivity contribution in [1.82, 2.24) is 19.2 Å². The number of aryl methyl sites for hydroxylation is 1. The second-order valence-corrected chi connectivity index (χ2v) is 9.69. The van der Waals surface area contributed by atoms with Crippen LogP contribution in [0, 0.1) is 6.92 Å². The van der Waals surface area contributed by atoms with Gasteiger partial charge in [0.2, 0.25) is 0 Å². The molecule has 2 saturated heterocycles. The average molecular weight is 519 g/mol. The molecule has 4 heterocycles. The van der Waals surface area contributed by atoms with Gasteiger partial charge in [-0.3, -0.25) is 18.9 Å². The molecule has 5 rings (SSSR count). The van der Waals surface area contributed by atoms with Gasteiger partial charge in [-0.05, 0) is 43.2 Å². The number of pyridine rings is 1. The van der Waals surface area contributed by atoms with E-state index in [2.05, 4.69) is 16.8 Å². The number of nitrogens with zero attached hydrogens (tertiary/aromatic N) is 4. The highest BCUT2D eigenvalue weighted by atomic mass is 16.5. The van der Waals surface area contributed by atoms with Crippen molar-refractivity contribution in [2.75, 3.05) is 46.0 Å². The molecule has 2 aromatic heterocycles. The van der Waals surface area contributed by atoms with Crippen LogP contribution in [0.4, 0.5) is 0 Å². The lowest BCUT2D eigenvalue weighted by atomic mass is 9.96.